The highest BCUT2D eigenvalue weighted by molar-refractivity contribution is 5.67. The predicted octanol–water partition coefficient (Wildman–Crippen LogP) is 3.72. The highest BCUT2D eigenvalue weighted by atomic mass is 16.6. The molecule has 0 aliphatic heterocycles. The van der Waals surface area contributed by atoms with Gasteiger partial charge in [-0.3, -0.25) is 14.9 Å². The van der Waals surface area contributed by atoms with Crippen molar-refractivity contribution >= 4 is 17.1 Å². The van der Waals surface area contributed by atoms with Crippen LogP contribution < -0.4 is 20.5 Å². The average molecular weight is 468 g/mol. The van der Waals surface area contributed by atoms with Crippen molar-refractivity contribution < 1.29 is 14.4 Å². The normalized spacial score (nSPS) is 10.7. The van der Waals surface area contributed by atoms with E-state index in [1.165, 1.54) is 6.07 Å². The molecule has 1 aromatic heterocycles. The standard InChI is InChI=1S/C24H29N5O5/c1-5-27(2)23-16-20(17-8-6-9-19(14-17)34-4)26-28(24(23)30)22-15-18(25-12-7-13-33-3)10-11-21(22)29(31)32/h6,8-11,14-16,25H,5,7,12-13H2,1-4H3. The van der Waals surface area contributed by atoms with Crippen LogP contribution in [0, 0.1) is 10.1 Å². The summed E-state index contributed by atoms with van der Waals surface area (Å²) in [4.78, 5) is 26.5. The summed E-state index contributed by atoms with van der Waals surface area (Å²) < 4.78 is 11.5. The maximum atomic E-state index is 13.4. The predicted molar refractivity (Wildman–Crippen MR) is 132 cm³/mol. The van der Waals surface area contributed by atoms with Crippen molar-refractivity contribution in [3.8, 4) is 22.7 Å². The molecule has 180 valence electrons. The van der Waals surface area contributed by atoms with Crippen molar-refractivity contribution in [2.45, 2.75) is 13.3 Å². The minimum atomic E-state index is -0.514. The second-order valence-electron chi connectivity index (χ2n) is 7.61. The Bertz CT molecular complexity index is 1210. The van der Waals surface area contributed by atoms with Crippen LogP contribution in [0.4, 0.5) is 17.1 Å². The Morgan fingerprint density at radius 3 is 2.65 bits per heavy atom. The molecule has 10 heteroatoms. The van der Waals surface area contributed by atoms with E-state index in [9.17, 15) is 14.9 Å². The summed E-state index contributed by atoms with van der Waals surface area (Å²) in [5, 5.41) is 19.6. The first-order valence-electron chi connectivity index (χ1n) is 10.9. The first-order chi connectivity index (χ1) is 16.4. The van der Waals surface area contributed by atoms with Crippen molar-refractivity contribution in [3.05, 3.63) is 69.0 Å². The Morgan fingerprint density at radius 2 is 1.97 bits per heavy atom. The molecule has 3 aromatic rings. The fourth-order valence-corrected chi connectivity index (χ4v) is 3.42. The number of nitro benzene ring substituents is 1. The third-order valence-electron chi connectivity index (χ3n) is 5.40. The van der Waals surface area contributed by atoms with Crippen LogP contribution in [0.3, 0.4) is 0 Å². The van der Waals surface area contributed by atoms with Gasteiger partial charge in [-0.25, -0.2) is 0 Å². The molecule has 10 nitrogen and oxygen atoms in total. The molecule has 34 heavy (non-hydrogen) atoms. The van der Waals surface area contributed by atoms with Gasteiger partial charge in [0.25, 0.3) is 11.2 Å². The van der Waals surface area contributed by atoms with Crippen LogP contribution in [0.25, 0.3) is 16.9 Å². The molecular formula is C24H29N5O5. The van der Waals surface area contributed by atoms with Crippen LogP contribution in [0.5, 0.6) is 5.75 Å². The van der Waals surface area contributed by atoms with Gasteiger partial charge in [0, 0.05) is 51.2 Å². The lowest BCUT2D eigenvalue weighted by atomic mass is 10.1. The third kappa shape index (κ3) is 5.52. The molecule has 0 aliphatic carbocycles. The monoisotopic (exact) mass is 467 g/mol. The molecule has 0 spiro atoms. The number of ether oxygens (including phenoxy) is 2. The molecule has 0 radical (unpaired) electrons. The summed E-state index contributed by atoms with van der Waals surface area (Å²) >= 11 is 0. The van der Waals surface area contributed by atoms with Gasteiger partial charge < -0.3 is 19.7 Å². The first kappa shape index (κ1) is 24.7. The van der Waals surface area contributed by atoms with Crippen LogP contribution in [0.1, 0.15) is 13.3 Å². The molecule has 3 rings (SSSR count). The molecular weight excluding hydrogens is 438 g/mol. The summed E-state index contributed by atoms with van der Waals surface area (Å²) in [6, 6.07) is 13.5. The molecule has 0 saturated carbocycles. The Labute approximate surface area is 197 Å². The summed E-state index contributed by atoms with van der Waals surface area (Å²) in [5.74, 6) is 0.635. The minimum Gasteiger partial charge on any atom is -0.497 e. The van der Waals surface area contributed by atoms with Crippen molar-refractivity contribution in [2.24, 2.45) is 0 Å². The number of hydrogen-bond donors (Lipinski definition) is 1. The highest BCUT2D eigenvalue weighted by Gasteiger charge is 2.22. The molecule has 0 bridgehead atoms. The van der Waals surface area contributed by atoms with E-state index in [2.05, 4.69) is 10.4 Å². The van der Waals surface area contributed by atoms with E-state index >= 15 is 0 Å². The topological polar surface area (TPSA) is 112 Å². The molecule has 0 aliphatic rings. The quantitative estimate of drug-likeness (QED) is 0.258. The SMILES string of the molecule is CCN(C)c1cc(-c2cccc(OC)c2)nn(-c2cc(NCCCOC)ccc2[N+](=O)[O-])c1=O. The van der Waals surface area contributed by atoms with Gasteiger partial charge in [0.15, 0.2) is 0 Å². The van der Waals surface area contributed by atoms with E-state index in [1.54, 1.807) is 50.4 Å². The number of benzene rings is 2. The number of nitrogens with zero attached hydrogens (tertiary/aromatic N) is 4. The van der Waals surface area contributed by atoms with Crippen molar-refractivity contribution in [1.29, 1.82) is 0 Å². The second-order valence-corrected chi connectivity index (χ2v) is 7.61. The molecule has 0 fully saturated rings. The highest BCUT2D eigenvalue weighted by Crippen LogP contribution is 2.28. The van der Waals surface area contributed by atoms with Crippen LogP contribution >= 0.6 is 0 Å². The molecule has 1 heterocycles. The van der Waals surface area contributed by atoms with E-state index in [0.717, 1.165) is 16.7 Å². The number of rotatable bonds is 11. The fourth-order valence-electron chi connectivity index (χ4n) is 3.42. The van der Waals surface area contributed by atoms with E-state index in [1.807, 2.05) is 25.1 Å². The van der Waals surface area contributed by atoms with Crippen LogP contribution in [0.15, 0.2) is 53.3 Å². The number of nitro groups is 1. The third-order valence-corrected chi connectivity index (χ3v) is 5.40. The Hall–Kier alpha value is -3.92. The van der Waals surface area contributed by atoms with Gasteiger partial charge in [-0.2, -0.15) is 9.78 Å². The Morgan fingerprint density at radius 1 is 1.18 bits per heavy atom. The zero-order valence-corrected chi connectivity index (χ0v) is 19.8. The van der Waals surface area contributed by atoms with Gasteiger partial charge >= 0.3 is 0 Å². The number of anilines is 2. The molecule has 0 unspecified atom stereocenters. The van der Waals surface area contributed by atoms with Crippen molar-refractivity contribution in [2.75, 3.05) is 51.2 Å². The van der Waals surface area contributed by atoms with Crippen LogP contribution in [-0.4, -0.2) is 55.7 Å². The van der Waals surface area contributed by atoms with Gasteiger partial charge in [-0.15, -0.1) is 0 Å². The maximum absolute atomic E-state index is 13.4. The van der Waals surface area contributed by atoms with Gasteiger partial charge in [0.2, 0.25) is 0 Å². The Balaban J connectivity index is 2.20. The smallest absolute Gasteiger partial charge is 0.295 e. The van der Waals surface area contributed by atoms with Gasteiger partial charge in [-0.1, -0.05) is 12.1 Å². The minimum absolute atomic E-state index is 0.0854. The van der Waals surface area contributed by atoms with Crippen LogP contribution in [-0.2, 0) is 4.74 Å². The average Bonchev–Trinajstić information content (AvgIpc) is 2.86. The van der Waals surface area contributed by atoms with E-state index in [-0.39, 0.29) is 11.4 Å². The molecule has 0 amide bonds. The van der Waals surface area contributed by atoms with E-state index < -0.39 is 10.5 Å². The zero-order chi connectivity index (χ0) is 24.7. The first-order valence-corrected chi connectivity index (χ1v) is 10.9. The van der Waals surface area contributed by atoms with Crippen molar-refractivity contribution in [1.82, 2.24) is 9.78 Å². The molecule has 1 N–H and O–H groups in total. The van der Waals surface area contributed by atoms with E-state index in [0.29, 0.717) is 42.5 Å². The molecule has 0 atom stereocenters. The summed E-state index contributed by atoms with van der Waals surface area (Å²) in [5.41, 5.74) is 1.64. The number of methoxy groups -OCH3 is 2. The molecule has 2 aromatic carbocycles. The number of nitrogens with one attached hydrogen (secondary N) is 1. The number of aromatic nitrogens is 2. The van der Waals surface area contributed by atoms with Gasteiger partial charge in [-0.05, 0) is 43.7 Å². The van der Waals surface area contributed by atoms with Crippen LogP contribution in [0.2, 0.25) is 0 Å². The lowest BCUT2D eigenvalue weighted by Gasteiger charge is -2.19. The van der Waals surface area contributed by atoms with Crippen molar-refractivity contribution in [3.63, 3.8) is 0 Å². The van der Waals surface area contributed by atoms with Gasteiger partial charge in [0.05, 0.1) is 17.7 Å². The second kappa shape index (κ2) is 11.3. The zero-order valence-electron chi connectivity index (χ0n) is 19.8. The Kier molecular flexibility index (Phi) is 8.20. The molecule has 0 saturated heterocycles. The lowest BCUT2D eigenvalue weighted by Crippen LogP contribution is -2.30. The van der Waals surface area contributed by atoms with E-state index in [4.69, 9.17) is 9.47 Å². The summed E-state index contributed by atoms with van der Waals surface area (Å²) in [6.45, 7) is 3.69. The summed E-state index contributed by atoms with van der Waals surface area (Å²) in [7, 11) is 4.99. The lowest BCUT2D eigenvalue weighted by molar-refractivity contribution is -0.384. The maximum Gasteiger partial charge on any atom is 0.295 e. The largest absolute Gasteiger partial charge is 0.497 e. The van der Waals surface area contributed by atoms with Gasteiger partial charge in [0.1, 0.15) is 17.1 Å². The number of hydrogen-bond acceptors (Lipinski definition) is 8. The summed E-state index contributed by atoms with van der Waals surface area (Å²) in [6.07, 6.45) is 0.762. The fraction of sp³-hybridized carbons (Fsp3) is 0.333.